The summed E-state index contributed by atoms with van der Waals surface area (Å²) in [5.74, 6) is 1.54. The second kappa shape index (κ2) is 4.47. The normalized spacial score (nSPS) is 11.0. The SMILES string of the molecule is Cc1cnn(-c2ccc(CC(C)C)cn2)c1. The van der Waals surface area contributed by atoms with Crippen LogP contribution in [0.4, 0.5) is 0 Å². The Bertz CT molecular complexity index is 454. The van der Waals surface area contributed by atoms with Gasteiger partial charge in [-0.3, -0.25) is 0 Å². The molecule has 0 saturated heterocycles. The van der Waals surface area contributed by atoms with Crippen molar-refractivity contribution in [3.8, 4) is 5.82 Å². The van der Waals surface area contributed by atoms with Crippen molar-refractivity contribution in [2.24, 2.45) is 5.92 Å². The van der Waals surface area contributed by atoms with Crippen LogP contribution in [-0.2, 0) is 6.42 Å². The van der Waals surface area contributed by atoms with E-state index in [9.17, 15) is 0 Å². The van der Waals surface area contributed by atoms with Crippen LogP contribution >= 0.6 is 0 Å². The van der Waals surface area contributed by atoms with Crippen LogP contribution in [0.3, 0.4) is 0 Å². The molecule has 84 valence electrons. The molecule has 0 unspecified atom stereocenters. The van der Waals surface area contributed by atoms with Crippen molar-refractivity contribution in [1.29, 1.82) is 0 Å². The number of aryl methyl sites for hydroxylation is 1. The van der Waals surface area contributed by atoms with Crippen molar-refractivity contribution < 1.29 is 0 Å². The molecule has 0 saturated carbocycles. The molecule has 3 nitrogen and oxygen atoms in total. The Balaban J connectivity index is 2.19. The largest absolute Gasteiger partial charge is 0.237 e. The second-order valence-electron chi connectivity index (χ2n) is 4.58. The van der Waals surface area contributed by atoms with E-state index in [1.165, 1.54) is 5.56 Å². The monoisotopic (exact) mass is 215 g/mol. The minimum atomic E-state index is 0.666. The number of nitrogens with zero attached hydrogens (tertiary/aromatic N) is 3. The Kier molecular flexibility index (Phi) is 3.04. The van der Waals surface area contributed by atoms with Gasteiger partial charge in [0.1, 0.15) is 0 Å². The number of aromatic nitrogens is 3. The van der Waals surface area contributed by atoms with Gasteiger partial charge in [-0.05, 0) is 36.5 Å². The average molecular weight is 215 g/mol. The van der Waals surface area contributed by atoms with Gasteiger partial charge in [0.2, 0.25) is 0 Å². The maximum absolute atomic E-state index is 4.42. The molecular weight excluding hydrogens is 198 g/mol. The van der Waals surface area contributed by atoms with Crippen molar-refractivity contribution in [3.63, 3.8) is 0 Å². The molecule has 0 spiro atoms. The van der Waals surface area contributed by atoms with Gasteiger partial charge < -0.3 is 0 Å². The van der Waals surface area contributed by atoms with Gasteiger partial charge in [0.25, 0.3) is 0 Å². The van der Waals surface area contributed by atoms with Gasteiger partial charge in [0.05, 0.1) is 6.20 Å². The van der Waals surface area contributed by atoms with Crippen LogP contribution in [0.25, 0.3) is 5.82 Å². The maximum atomic E-state index is 4.42. The van der Waals surface area contributed by atoms with Crippen LogP contribution in [0.1, 0.15) is 25.0 Å². The highest BCUT2D eigenvalue weighted by molar-refractivity contribution is 5.25. The highest BCUT2D eigenvalue weighted by Gasteiger charge is 2.01. The summed E-state index contributed by atoms with van der Waals surface area (Å²) in [5.41, 5.74) is 2.43. The van der Waals surface area contributed by atoms with Crippen LogP contribution in [0.2, 0.25) is 0 Å². The lowest BCUT2D eigenvalue weighted by molar-refractivity contribution is 0.645. The summed E-state index contributed by atoms with van der Waals surface area (Å²) in [6, 6.07) is 4.14. The van der Waals surface area contributed by atoms with E-state index < -0.39 is 0 Å². The van der Waals surface area contributed by atoms with E-state index in [-0.39, 0.29) is 0 Å². The van der Waals surface area contributed by atoms with E-state index in [1.807, 2.05) is 31.6 Å². The highest BCUT2D eigenvalue weighted by Crippen LogP contribution is 2.10. The summed E-state index contributed by atoms with van der Waals surface area (Å²) < 4.78 is 1.80. The Morgan fingerprint density at radius 3 is 2.56 bits per heavy atom. The highest BCUT2D eigenvalue weighted by atomic mass is 15.3. The predicted octanol–water partition coefficient (Wildman–Crippen LogP) is 2.77. The molecule has 2 aromatic rings. The third-order valence-corrected chi connectivity index (χ3v) is 2.40. The van der Waals surface area contributed by atoms with Gasteiger partial charge in [-0.25, -0.2) is 9.67 Å². The number of hydrogen-bond acceptors (Lipinski definition) is 2. The first kappa shape index (κ1) is 10.9. The van der Waals surface area contributed by atoms with Crippen molar-refractivity contribution >= 4 is 0 Å². The second-order valence-corrected chi connectivity index (χ2v) is 4.58. The number of hydrogen-bond donors (Lipinski definition) is 0. The van der Waals surface area contributed by atoms with Crippen molar-refractivity contribution in [3.05, 3.63) is 41.9 Å². The number of rotatable bonds is 3. The molecule has 2 rings (SSSR count). The summed E-state index contributed by atoms with van der Waals surface area (Å²) in [4.78, 5) is 4.42. The molecule has 0 aliphatic carbocycles. The zero-order valence-electron chi connectivity index (χ0n) is 10.0. The molecule has 16 heavy (non-hydrogen) atoms. The smallest absolute Gasteiger partial charge is 0.153 e. The van der Waals surface area contributed by atoms with Crippen LogP contribution < -0.4 is 0 Å². The summed E-state index contributed by atoms with van der Waals surface area (Å²) >= 11 is 0. The third kappa shape index (κ3) is 2.48. The molecule has 0 aliphatic rings. The van der Waals surface area contributed by atoms with Crippen molar-refractivity contribution in [2.45, 2.75) is 27.2 Å². The van der Waals surface area contributed by atoms with Gasteiger partial charge in [0.15, 0.2) is 5.82 Å². The molecule has 0 atom stereocenters. The molecule has 0 N–H and O–H groups in total. The lowest BCUT2D eigenvalue weighted by Gasteiger charge is -2.05. The van der Waals surface area contributed by atoms with Crippen molar-refractivity contribution in [2.75, 3.05) is 0 Å². The average Bonchev–Trinajstić information content (AvgIpc) is 2.65. The Labute approximate surface area is 96.1 Å². The van der Waals surface area contributed by atoms with E-state index in [4.69, 9.17) is 0 Å². The maximum Gasteiger partial charge on any atom is 0.153 e. The van der Waals surface area contributed by atoms with E-state index in [0.717, 1.165) is 17.8 Å². The summed E-state index contributed by atoms with van der Waals surface area (Å²) in [5, 5.41) is 4.23. The van der Waals surface area contributed by atoms with Crippen LogP contribution in [-0.4, -0.2) is 14.8 Å². The Morgan fingerprint density at radius 1 is 1.25 bits per heavy atom. The molecule has 0 aromatic carbocycles. The zero-order valence-corrected chi connectivity index (χ0v) is 10.0. The first-order valence-electron chi connectivity index (χ1n) is 5.62. The predicted molar refractivity (Wildman–Crippen MR) is 64.6 cm³/mol. The Morgan fingerprint density at radius 2 is 2.06 bits per heavy atom. The fourth-order valence-corrected chi connectivity index (χ4v) is 1.68. The number of pyridine rings is 1. The first-order valence-corrected chi connectivity index (χ1v) is 5.62. The van der Waals surface area contributed by atoms with Gasteiger partial charge >= 0.3 is 0 Å². The molecule has 0 fully saturated rings. The molecule has 2 heterocycles. The lowest BCUT2D eigenvalue weighted by Crippen LogP contribution is -2.00. The minimum Gasteiger partial charge on any atom is -0.237 e. The van der Waals surface area contributed by atoms with Crippen LogP contribution in [0.15, 0.2) is 30.7 Å². The van der Waals surface area contributed by atoms with E-state index in [2.05, 4.69) is 30.0 Å². The van der Waals surface area contributed by atoms with Gasteiger partial charge in [-0.15, -0.1) is 0 Å². The molecule has 0 radical (unpaired) electrons. The van der Waals surface area contributed by atoms with E-state index in [1.54, 1.807) is 4.68 Å². The van der Waals surface area contributed by atoms with Gasteiger partial charge in [-0.1, -0.05) is 19.9 Å². The lowest BCUT2D eigenvalue weighted by atomic mass is 10.1. The molecule has 2 aromatic heterocycles. The van der Waals surface area contributed by atoms with Crippen LogP contribution in [0, 0.1) is 12.8 Å². The van der Waals surface area contributed by atoms with E-state index >= 15 is 0 Å². The fourth-order valence-electron chi connectivity index (χ4n) is 1.68. The van der Waals surface area contributed by atoms with Crippen molar-refractivity contribution in [1.82, 2.24) is 14.8 Å². The quantitative estimate of drug-likeness (QED) is 0.788. The first-order chi connectivity index (χ1) is 7.65. The summed E-state index contributed by atoms with van der Waals surface area (Å²) in [6.45, 7) is 6.45. The minimum absolute atomic E-state index is 0.666. The van der Waals surface area contributed by atoms with Gasteiger partial charge in [-0.2, -0.15) is 5.10 Å². The summed E-state index contributed by atoms with van der Waals surface area (Å²) in [7, 11) is 0. The molecule has 0 amide bonds. The Hall–Kier alpha value is -1.64. The zero-order chi connectivity index (χ0) is 11.5. The molecular formula is C13H17N3. The standard InChI is InChI=1S/C13H17N3/c1-10(2)6-12-4-5-13(14-8-12)16-9-11(3)7-15-16/h4-5,7-10H,6H2,1-3H3. The fraction of sp³-hybridized carbons (Fsp3) is 0.385. The van der Waals surface area contributed by atoms with Gasteiger partial charge in [0, 0.05) is 12.4 Å². The topological polar surface area (TPSA) is 30.7 Å². The molecule has 0 bridgehead atoms. The molecule has 3 heteroatoms. The third-order valence-electron chi connectivity index (χ3n) is 2.40. The summed E-state index contributed by atoms with van der Waals surface area (Å²) in [6.07, 6.45) is 6.83. The van der Waals surface area contributed by atoms with Crippen LogP contribution in [0.5, 0.6) is 0 Å². The molecule has 0 aliphatic heterocycles. The van der Waals surface area contributed by atoms with E-state index in [0.29, 0.717) is 5.92 Å².